The van der Waals surface area contributed by atoms with E-state index in [1.54, 1.807) is 0 Å². The molecule has 0 bridgehead atoms. The first-order valence-corrected chi connectivity index (χ1v) is 5.74. The van der Waals surface area contributed by atoms with Crippen LogP contribution in [-0.2, 0) is 5.60 Å². The van der Waals surface area contributed by atoms with E-state index < -0.39 is 24.0 Å². The number of alkyl halides is 3. The number of hydrogen-bond acceptors (Lipinski definition) is 1. The van der Waals surface area contributed by atoms with E-state index in [4.69, 9.17) is 11.6 Å². The molecular weight excluding hydrogens is 272 g/mol. The molecule has 0 amide bonds. The van der Waals surface area contributed by atoms with Gasteiger partial charge in [0.2, 0.25) is 0 Å². The Morgan fingerprint density at radius 3 is 2.33 bits per heavy atom. The van der Waals surface area contributed by atoms with Gasteiger partial charge in [0.05, 0.1) is 5.60 Å². The largest absolute Gasteiger partial charge is 0.389 e. The van der Waals surface area contributed by atoms with Crippen LogP contribution in [0.3, 0.4) is 0 Å². The summed E-state index contributed by atoms with van der Waals surface area (Å²) in [5.74, 6) is -0.723. The molecule has 1 atom stereocenters. The summed E-state index contributed by atoms with van der Waals surface area (Å²) in [4.78, 5) is 0. The van der Waals surface area contributed by atoms with Gasteiger partial charge in [-0.25, -0.2) is 4.39 Å². The molecule has 1 nitrogen and oxygen atoms in total. The Hall–Kier alpha value is -0.810. The quantitative estimate of drug-likeness (QED) is 0.812. The summed E-state index contributed by atoms with van der Waals surface area (Å²) in [5, 5.41) is 10.2. The summed E-state index contributed by atoms with van der Waals surface area (Å²) in [7, 11) is 0. The summed E-state index contributed by atoms with van der Waals surface area (Å²) in [5.41, 5.74) is -1.69. The van der Waals surface area contributed by atoms with E-state index >= 15 is 0 Å². The fraction of sp³-hybridized carbons (Fsp3) is 0.500. The van der Waals surface area contributed by atoms with Crippen molar-refractivity contribution in [2.45, 2.75) is 38.0 Å². The Morgan fingerprint density at radius 1 is 1.22 bits per heavy atom. The lowest BCUT2D eigenvalue weighted by molar-refractivity contribution is -0.137. The third kappa shape index (κ3) is 4.46. The SMILES string of the molecule is CC(O)(CCCC(F)(F)F)c1ccc(Cl)cc1F. The van der Waals surface area contributed by atoms with Crippen LogP contribution in [0.25, 0.3) is 0 Å². The first-order valence-electron chi connectivity index (χ1n) is 5.36. The normalized spacial score (nSPS) is 15.5. The van der Waals surface area contributed by atoms with Crippen molar-refractivity contribution < 1.29 is 22.7 Å². The molecular formula is C12H13ClF4O. The van der Waals surface area contributed by atoms with Gasteiger partial charge < -0.3 is 5.11 Å². The van der Waals surface area contributed by atoms with Gasteiger partial charge in [-0.15, -0.1) is 0 Å². The van der Waals surface area contributed by atoms with Crippen molar-refractivity contribution in [3.63, 3.8) is 0 Å². The molecule has 0 aliphatic carbocycles. The number of hydrogen-bond donors (Lipinski definition) is 1. The van der Waals surface area contributed by atoms with Crippen molar-refractivity contribution in [2.75, 3.05) is 0 Å². The molecule has 0 saturated heterocycles. The second-order valence-electron chi connectivity index (χ2n) is 4.37. The fourth-order valence-electron chi connectivity index (χ4n) is 1.69. The summed E-state index contributed by atoms with van der Waals surface area (Å²) in [6, 6.07) is 3.69. The van der Waals surface area contributed by atoms with Gasteiger partial charge in [-0.05, 0) is 31.9 Å². The highest BCUT2D eigenvalue weighted by Gasteiger charge is 2.31. The minimum atomic E-state index is -4.27. The van der Waals surface area contributed by atoms with Crippen molar-refractivity contribution in [3.8, 4) is 0 Å². The molecule has 1 rings (SSSR count). The second kappa shape index (κ2) is 5.45. The van der Waals surface area contributed by atoms with Gasteiger partial charge in [-0.3, -0.25) is 0 Å². The standard InChI is InChI=1S/C12H13ClF4O/c1-11(18,5-2-6-12(15,16)17)9-4-3-8(13)7-10(9)14/h3-4,7,18H,2,5-6H2,1H3. The summed E-state index contributed by atoms with van der Waals surface area (Å²) >= 11 is 5.56. The van der Waals surface area contributed by atoms with E-state index in [2.05, 4.69) is 0 Å². The molecule has 0 aliphatic rings. The van der Waals surface area contributed by atoms with Crippen molar-refractivity contribution in [1.29, 1.82) is 0 Å². The molecule has 0 saturated carbocycles. The number of benzene rings is 1. The van der Waals surface area contributed by atoms with Gasteiger partial charge in [0, 0.05) is 17.0 Å². The van der Waals surface area contributed by atoms with Crippen LogP contribution in [0.5, 0.6) is 0 Å². The van der Waals surface area contributed by atoms with Crippen molar-refractivity contribution in [1.82, 2.24) is 0 Å². The van der Waals surface area contributed by atoms with Crippen molar-refractivity contribution in [3.05, 3.63) is 34.6 Å². The van der Waals surface area contributed by atoms with Crippen molar-refractivity contribution in [2.24, 2.45) is 0 Å². The monoisotopic (exact) mass is 284 g/mol. The Labute approximate surface area is 107 Å². The molecule has 1 unspecified atom stereocenters. The molecule has 0 heterocycles. The minimum Gasteiger partial charge on any atom is -0.385 e. The highest BCUT2D eigenvalue weighted by Crippen LogP contribution is 2.32. The second-order valence-corrected chi connectivity index (χ2v) is 4.80. The molecule has 0 spiro atoms. The van der Waals surface area contributed by atoms with E-state index in [-0.39, 0.29) is 23.4 Å². The van der Waals surface area contributed by atoms with E-state index in [9.17, 15) is 22.7 Å². The zero-order chi connectivity index (χ0) is 14.0. The maximum atomic E-state index is 13.5. The van der Waals surface area contributed by atoms with Crippen LogP contribution in [0.1, 0.15) is 31.7 Å². The zero-order valence-corrected chi connectivity index (χ0v) is 10.4. The molecule has 0 fully saturated rings. The number of halogens is 5. The molecule has 0 aromatic heterocycles. The van der Waals surface area contributed by atoms with Gasteiger partial charge in [0.25, 0.3) is 0 Å². The van der Waals surface area contributed by atoms with E-state index in [0.717, 1.165) is 6.07 Å². The Balaban J connectivity index is 2.73. The molecule has 1 N–H and O–H groups in total. The van der Waals surface area contributed by atoms with Crippen LogP contribution in [0.2, 0.25) is 5.02 Å². The van der Waals surface area contributed by atoms with Crippen LogP contribution in [0.4, 0.5) is 17.6 Å². The van der Waals surface area contributed by atoms with Gasteiger partial charge >= 0.3 is 6.18 Å². The maximum Gasteiger partial charge on any atom is 0.389 e. The molecule has 18 heavy (non-hydrogen) atoms. The topological polar surface area (TPSA) is 20.2 Å². The predicted molar refractivity (Wildman–Crippen MR) is 60.9 cm³/mol. The summed E-state index contributed by atoms with van der Waals surface area (Å²) in [6.07, 6.45) is -5.71. The van der Waals surface area contributed by atoms with Crippen LogP contribution >= 0.6 is 11.6 Å². The van der Waals surface area contributed by atoms with Crippen LogP contribution in [0, 0.1) is 5.82 Å². The molecule has 0 radical (unpaired) electrons. The molecule has 1 aromatic carbocycles. The highest BCUT2D eigenvalue weighted by atomic mass is 35.5. The predicted octanol–water partition coefficient (Wildman–Crippen LogP) is 4.42. The van der Waals surface area contributed by atoms with Gasteiger partial charge in [0.15, 0.2) is 0 Å². The lowest BCUT2D eigenvalue weighted by Gasteiger charge is -2.24. The van der Waals surface area contributed by atoms with Crippen LogP contribution < -0.4 is 0 Å². The average molecular weight is 285 g/mol. The zero-order valence-electron chi connectivity index (χ0n) is 9.69. The fourth-order valence-corrected chi connectivity index (χ4v) is 1.85. The summed E-state index contributed by atoms with van der Waals surface area (Å²) in [6.45, 7) is 1.29. The molecule has 0 aliphatic heterocycles. The Morgan fingerprint density at radius 2 is 1.83 bits per heavy atom. The molecule has 1 aromatic rings. The minimum absolute atomic E-state index is 0.0472. The van der Waals surface area contributed by atoms with Gasteiger partial charge in [-0.2, -0.15) is 13.2 Å². The summed E-state index contributed by atoms with van der Waals surface area (Å²) < 4.78 is 49.5. The van der Waals surface area contributed by atoms with Crippen LogP contribution in [0.15, 0.2) is 18.2 Å². The lowest BCUT2D eigenvalue weighted by Crippen LogP contribution is -2.23. The Bertz CT molecular complexity index is 415. The lowest BCUT2D eigenvalue weighted by atomic mass is 9.90. The highest BCUT2D eigenvalue weighted by molar-refractivity contribution is 6.30. The third-order valence-corrected chi connectivity index (χ3v) is 2.87. The van der Waals surface area contributed by atoms with E-state index in [0.29, 0.717) is 0 Å². The van der Waals surface area contributed by atoms with E-state index in [1.807, 2.05) is 0 Å². The first-order chi connectivity index (χ1) is 8.12. The number of aliphatic hydroxyl groups is 1. The third-order valence-electron chi connectivity index (χ3n) is 2.64. The number of rotatable bonds is 4. The molecule has 6 heteroatoms. The van der Waals surface area contributed by atoms with Gasteiger partial charge in [0.1, 0.15) is 5.82 Å². The maximum absolute atomic E-state index is 13.5. The van der Waals surface area contributed by atoms with E-state index in [1.165, 1.54) is 19.1 Å². The average Bonchev–Trinajstić information content (AvgIpc) is 2.13. The molecule has 102 valence electrons. The van der Waals surface area contributed by atoms with Crippen LogP contribution in [-0.4, -0.2) is 11.3 Å². The Kier molecular flexibility index (Phi) is 4.61. The van der Waals surface area contributed by atoms with Crippen molar-refractivity contribution >= 4 is 11.6 Å². The first kappa shape index (κ1) is 15.2. The smallest absolute Gasteiger partial charge is 0.385 e. The van der Waals surface area contributed by atoms with Gasteiger partial charge in [-0.1, -0.05) is 17.7 Å².